The smallest absolute Gasteiger partial charge is 0.303 e. The first-order valence-corrected chi connectivity index (χ1v) is 7.02. The van der Waals surface area contributed by atoms with E-state index in [0.717, 1.165) is 15.8 Å². The molecule has 0 aliphatic carbocycles. The molecule has 0 aromatic carbocycles. The summed E-state index contributed by atoms with van der Waals surface area (Å²) in [7, 11) is 0. The van der Waals surface area contributed by atoms with Crippen LogP contribution in [0, 0.1) is 5.92 Å². The average molecular weight is 282 g/mol. The molecular formula is C12H18N4O2S. The summed E-state index contributed by atoms with van der Waals surface area (Å²) in [5.41, 5.74) is -0.114. The third-order valence-corrected chi connectivity index (χ3v) is 3.67. The van der Waals surface area contributed by atoms with Gasteiger partial charge in [0.15, 0.2) is 5.82 Å². The Morgan fingerprint density at radius 1 is 1.42 bits per heavy atom. The molecule has 0 amide bonds. The SMILES string of the molecule is CC(CC(=O)O)Cc1nn2c(C(C)(C)C)nnc2s1. The minimum Gasteiger partial charge on any atom is -0.481 e. The summed E-state index contributed by atoms with van der Waals surface area (Å²) in [5.74, 6) is 0.126. The first-order chi connectivity index (χ1) is 8.77. The first kappa shape index (κ1) is 13.9. The Morgan fingerprint density at radius 2 is 2.11 bits per heavy atom. The van der Waals surface area contributed by atoms with Gasteiger partial charge in [0.2, 0.25) is 4.96 Å². The van der Waals surface area contributed by atoms with Crippen molar-refractivity contribution in [3.05, 3.63) is 10.8 Å². The Balaban J connectivity index is 2.23. The number of carboxylic acids is 1. The van der Waals surface area contributed by atoms with Crippen LogP contribution in [0.3, 0.4) is 0 Å². The van der Waals surface area contributed by atoms with Crippen LogP contribution in [-0.2, 0) is 16.6 Å². The summed E-state index contributed by atoms with van der Waals surface area (Å²) in [6, 6.07) is 0. The molecule has 0 aliphatic heterocycles. The molecule has 6 nitrogen and oxygen atoms in total. The second kappa shape index (κ2) is 4.88. The van der Waals surface area contributed by atoms with E-state index in [2.05, 4.69) is 36.1 Å². The minimum atomic E-state index is -0.772. The zero-order valence-corrected chi connectivity index (χ0v) is 12.4. The summed E-state index contributed by atoms with van der Waals surface area (Å²) in [6.07, 6.45) is 0.816. The lowest BCUT2D eigenvalue weighted by molar-refractivity contribution is -0.137. The van der Waals surface area contributed by atoms with Gasteiger partial charge in [-0.2, -0.15) is 9.61 Å². The van der Waals surface area contributed by atoms with Crippen LogP contribution in [-0.4, -0.2) is 30.9 Å². The summed E-state index contributed by atoms with van der Waals surface area (Å²) < 4.78 is 1.77. The molecule has 1 unspecified atom stereocenters. The van der Waals surface area contributed by atoms with Gasteiger partial charge in [-0.1, -0.05) is 39.0 Å². The van der Waals surface area contributed by atoms with Gasteiger partial charge in [0.1, 0.15) is 5.01 Å². The third-order valence-electron chi connectivity index (χ3n) is 2.75. The Labute approximate surface area is 115 Å². The van der Waals surface area contributed by atoms with Crippen molar-refractivity contribution in [1.82, 2.24) is 19.8 Å². The second-order valence-electron chi connectivity index (χ2n) is 5.87. The zero-order chi connectivity index (χ0) is 14.2. The maximum atomic E-state index is 10.7. The highest BCUT2D eigenvalue weighted by Gasteiger charge is 2.23. The van der Waals surface area contributed by atoms with Crippen molar-refractivity contribution in [2.45, 2.75) is 46.0 Å². The molecule has 0 fully saturated rings. The lowest BCUT2D eigenvalue weighted by Gasteiger charge is -2.13. The van der Waals surface area contributed by atoms with Gasteiger partial charge in [0.05, 0.1) is 0 Å². The molecule has 0 spiro atoms. The summed E-state index contributed by atoms with van der Waals surface area (Å²) in [6.45, 7) is 8.11. The van der Waals surface area contributed by atoms with Gasteiger partial charge < -0.3 is 5.11 Å². The van der Waals surface area contributed by atoms with Crippen molar-refractivity contribution in [3.63, 3.8) is 0 Å². The number of carboxylic acid groups (broad SMARTS) is 1. The van der Waals surface area contributed by atoms with Gasteiger partial charge in [-0.05, 0) is 5.92 Å². The standard InChI is InChI=1S/C12H18N4O2S/c1-7(6-9(17)18)5-8-15-16-10(12(2,3)4)13-14-11(16)19-8/h7H,5-6H2,1-4H3,(H,17,18). The summed E-state index contributed by atoms with van der Waals surface area (Å²) in [4.78, 5) is 11.4. The predicted octanol–water partition coefficient (Wildman–Crippen LogP) is 2.14. The Kier molecular flexibility index (Phi) is 3.58. The fourth-order valence-electron chi connectivity index (χ4n) is 1.88. The van der Waals surface area contributed by atoms with Gasteiger partial charge in [-0.3, -0.25) is 4.79 Å². The van der Waals surface area contributed by atoms with Gasteiger partial charge in [-0.25, -0.2) is 0 Å². The Bertz CT molecular complexity index is 596. The van der Waals surface area contributed by atoms with Crippen LogP contribution in [0.2, 0.25) is 0 Å². The van der Waals surface area contributed by atoms with E-state index >= 15 is 0 Å². The molecule has 2 rings (SSSR count). The summed E-state index contributed by atoms with van der Waals surface area (Å²) >= 11 is 1.47. The predicted molar refractivity (Wildman–Crippen MR) is 72.5 cm³/mol. The van der Waals surface area contributed by atoms with Gasteiger partial charge >= 0.3 is 5.97 Å². The van der Waals surface area contributed by atoms with Crippen LogP contribution in [0.4, 0.5) is 0 Å². The number of rotatable bonds is 4. The molecule has 0 aliphatic rings. The fraction of sp³-hybridized carbons (Fsp3) is 0.667. The highest BCUT2D eigenvalue weighted by Crippen LogP contribution is 2.24. The number of hydrogen-bond donors (Lipinski definition) is 1. The van der Waals surface area contributed by atoms with Crippen molar-refractivity contribution in [1.29, 1.82) is 0 Å². The molecule has 0 saturated carbocycles. The van der Waals surface area contributed by atoms with E-state index < -0.39 is 5.97 Å². The minimum absolute atomic E-state index is 0.0689. The van der Waals surface area contributed by atoms with E-state index in [1.165, 1.54) is 11.3 Å². The normalized spacial score (nSPS) is 13.9. The zero-order valence-electron chi connectivity index (χ0n) is 11.5. The maximum absolute atomic E-state index is 10.7. The van der Waals surface area contributed by atoms with Crippen LogP contribution < -0.4 is 0 Å². The van der Waals surface area contributed by atoms with E-state index in [4.69, 9.17) is 5.11 Å². The summed E-state index contributed by atoms with van der Waals surface area (Å²) in [5, 5.41) is 22.5. The molecule has 19 heavy (non-hydrogen) atoms. The van der Waals surface area contributed by atoms with Crippen molar-refractivity contribution in [2.24, 2.45) is 5.92 Å². The lowest BCUT2D eigenvalue weighted by atomic mass is 9.96. The Morgan fingerprint density at radius 3 is 2.68 bits per heavy atom. The van der Waals surface area contributed by atoms with Crippen molar-refractivity contribution in [2.75, 3.05) is 0 Å². The molecule has 1 N–H and O–H groups in total. The highest BCUT2D eigenvalue weighted by atomic mass is 32.1. The number of aromatic nitrogens is 4. The highest BCUT2D eigenvalue weighted by molar-refractivity contribution is 7.16. The van der Waals surface area contributed by atoms with Gasteiger partial charge in [0, 0.05) is 18.3 Å². The third kappa shape index (κ3) is 3.09. The molecule has 1 atom stereocenters. The molecular weight excluding hydrogens is 264 g/mol. The molecule has 2 heterocycles. The number of hydrogen-bond acceptors (Lipinski definition) is 5. The molecule has 0 saturated heterocycles. The average Bonchev–Trinajstić information content (AvgIpc) is 2.72. The monoisotopic (exact) mass is 282 g/mol. The fourth-order valence-corrected chi connectivity index (χ4v) is 2.87. The second-order valence-corrected chi connectivity index (χ2v) is 6.91. The molecule has 2 aromatic heterocycles. The number of carbonyl (C=O) groups is 1. The van der Waals surface area contributed by atoms with E-state index in [9.17, 15) is 4.79 Å². The van der Waals surface area contributed by atoms with E-state index in [0.29, 0.717) is 6.42 Å². The van der Waals surface area contributed by atoms with Gasteiger partial charge in [-0.15, -0.1) is 10.2 Å². The van der Waals surface area contributed by atoms with E-state index in [-0.39, 0.29) is 17.8 Å². The van der Waals surface area contributed by atoms with Gasteiger partial charge in [0.25, 0.3) is 0 Å². The molecule has 104 valence electrons. The van der Waals surface area contributed by atoms with E-state index in [1.807, 2.05) is 6.92 Å². The van der Waals surface area contributed by atoms with E-state index in [1.54, 1.807) is 4.52 Å². The molecule has 7 heteroatoms. The van der Waals surface area contributed by atoms with Crippen LogP contribution >= 0.6 is 11.3 Å². The largest absolute Gasteiger partial charge is 0.481 e. The first-order valence-electron chi connectivity index (χ1n) is 6.20. The molecule has 0 bridgehead atoms. The van der Waals surface area contributed by atoms with Crippen LogP contribution in [0.25, 0.3) is 4.96 Å². The molecule has 0 radical (unpaired) electrons. The van der Waals surface area contributed by atoms with Crippen molar-refractivity contribution >= 4 is 22.3 Å². The lowest BCUT2D eigenvalue weighted by Crippen LogP contribution is -2.16. The maximum Gasteiger partial charge on any atom is 0.303 e. The van der Waals surface area contributed by atoms with Crippen LogP contribution in [0.5, 0.6) is 0 Å². The topological polar surface area (TPSA) is 80.4 Å². The van der Waals surface area contributed by atoms with Crippen LogP contribution in [0.1, 0.15) is 44.9 Å². The van der Waals surface area contributed by atoms with Crippen molar-refractivity contribution < 1.29 is 9.90 Å². The molecule has 2 aromatic rings. The van der Waals surface area contributed by atoms with Crippen LogP contribution in [0.15, 0.2) is 0 Å². The number of aliphatic carboxylic acids is 1. The quantitative estimate of drug-likeness (QED) is 0.929. The van der Waals surface area contributed by atoms with Crippen molar-refractivity contribution in [3.8, 4) is 0 Å². The number of fused-ring (bicyclic) bond motifs is 1. The number of nitrogens with zero attached hydrogens (tertiary/aromatic N) is 4. The Hall–Kier alpha value is -1.50.